The van der Waals surface area contributed by atoms with Crippen molar-refractivity contribution in [1.82, 2.24) is 20.1 Å². The van der Waals surface area contributed by atoms with Crippen LogP contribution in [-0.4, -0.2) is 20.8 Å². The number of rotatable bonds is 4. The van der Waals surface area contributed by atoms with Gasteiger partial charge in [-0.05, 0) is 24.1 Å². The zero-order valence-electron chi connectivity index (χ0n) is 13.1. The Balaban J connectivity index is 1.59. The molecule has 5 heteroatoms. The molecule has 3 rings (SSSR count). The fourth-order valence-electron chi connectivity index (χ4n) is 2.70. The minimum absolute atomic E-state index is 0.378. The van der Waals surface area contributed by atoms with Gasteiger partial charge >= 0.3 is 0 Å². The van der Waals surface area contributed by atoms with Crippen molar-refractivity contribution in [1.29, 1.82) is 5.26 Å². The van der Waals surface area contributed by atoms with Crippen LogP contribution in [0.1, 0.15) is 49.0 Å². The summed E-state index contributed by atoms with van der Waals surface area (Å²) in [6, 6.07) is 10.3. The highest BCUT2D eigenvalue weighted by molar-refractivity contribution is 5.31. The molecular formula is C17H21N5. The number of hydrogen-bond acceptors (Lipinski definition) is 4. The Morgan fingerprint density at radius 1 is 1.36 bits per heavy atom. The molecule has 0 saturated carbocycles. The van der Waals surface area contributed by atoms with E-state index in [1.165, 1.54) is 5.56 Å². The van der Waals surface area contributed by atoms with E-state index < -0.39 is 0 Å². The lowest BCUT2D eigenvalue weighted by Gasteiger charge is -2.23. The second kappa shape index (κ2) is 6.29. The van der Waals surface area contributed by atoms with Crippen LogP contribution in [0.3, 0.4) is 0 Å². The van der Waals surface area contributed by atoms with E-state index in [0.717, 1.165) is 37.6 Å². The molecule has 1 aromatic carbocycles. The van der Waals surface area contributed by atoms with Crippen LogP contribution in [0.2, 0.25) is 0 Å². The molecule has 1 aliphatic rings. The molecular weight excluding hydrogens is 274 g/mol. The Labute approximate surface area is 131 Å². The van der Waals surface area contributed by atoms with Crippen LogP contribution >= 0.6 is 0 Å². The third-order valence-electron chi connectivity index (χ3n) is 4.07. The van der Waals surface area contributed by atoms with Crippen LogP contribution in [0, 0.1) is 11.3 Å². The number of benzene rings is 1. The van der Waals surface area contributed by atoms with Crippen LogP contribution in [0.4, 0.5) is 0 Å². The van der Waals surface area contributed by atoms with E-state index >= 15 is 0 Å². The Bertz CT molecular complexity index is 678. The molecule has 5 nitrogen and oxygen atoms in total. The molecule has 0 aliphatic carbocycles. The maximum Gasteiger partial charge on any atom is 0.153 e. The van der Waals surface area contributed by atoms with Crippen molar-refractivity contribution in [3.63, 3.8) is 0 Å². The van der Waals surface area contributed by atoms with Gasteiger partial charge in [-0.1, -0.05) is 26.0 Å². The normalized spacial score (nSPS) is 17.3. The zero-order valence-corrected chi connectivity index (χ0v) is 13.1. The van der Waals surface area contributed by atoms with E-state index in [-0.39, 0.29) is 0 Å². The predicted molar refractivity (Wildman–Crippen MR) is 84.2 cm³/mol. The Hall–Kier alpha value is -2.19. The molecule has 0 spiro atoms. The smallest absolute Gasteiger partial charge is 0.153 e. The fourth-order valence-corrected chi connectivity index (χ4v) is 2.70. The maximum atomic E-state index is 8.81. The first kappa shape index (κ1) is 14.7. The number of aryl methyl sites for hydroxylation is 1. The summed E-state index contributed by atoms with van der Waals surface area (Å²) in [5.41, 5.74) is 1.90. The molecule has 0 bridgehead atoms. The molecule has 1 N–H and O–H groups in total. The number of nitrogens with one attached hydrogen (secondary N) is 1. The Morgan fingerprint density at radius 3 is 2.82 bits per heavy atom. The summed E-state index contributed by atoms with van der Waals surface area (Å²) < 4.78 is 2.05. The van der Waals surface area contributed by atoms with Gasteiger partial charge in [-0.15, -0.1) is 0 Å². The van der Waals surface area contributed by atoms with E-state index in [2.05, 4.69) is 40.0 Å². The monoisotopic (exact) mass is 295 g/mol. The molecule has 2 aromatic rings. The number of fused-ring (bicyclic) bond motifs is 1. The summed E-state index contributed by atoms with van der Waals surface area (Å²) in [4.78, 5) is 4.62. The van der Waals surface area contributed by atoms with Crippen LogP contribution in [-0.2, 0) is 19.5 Å². The predicted octanol–water partition coefficient (Wildman–Crippen LogP) is 2.38. The van der Waals surface area contributed by atoms with Crippen LogP contribution in [0.25, 0.3) is 0 Å². The molecule has 2 heterocycles. The highest BCUT2D eigenvalue weighted by Crippen LogP contribution is 2.17. The van der Waals surface area contributed by atoms with Gasteiger partial charge in [-0.2, -0.15) is 10.4 Å². The standard InChI is InChI=1S/C17H21N5/c1-12(2)17-20-16-8-7-15(11-22(16)21-17)19-10-14-5-3-13(9-18)4-6-14/h3-6,12,15,19H,7-8,10-11H2,1-2H3. The summed E-state index contributed by atoms with van der Waals surface area (Å²) in [6.45, 7) is 5.95. The summed E-state index contributed by atoms with van der Waals surface area (Å²) in [6.07, 6.45) is 2.07. The first-order valence-electron chi connectivity index (χ1n) is 7.81. The highest BCUT2D eigenvalue weighted by Gasteiger charge is 2.21. The van der Waals surface area contributed by atoms with Crippen molar-refractivity contribution in [2.24, 2.45) is 0 Å². The summed E-state index contributed by atoms with van der Waals surface area (Å²) in [5.74, 6) is 2.44. The summed E-state index contributed by atoms with van der Waals surface area (Å²) in [5, 5.41) is 17.0. The van der Waals surface area contributed by atoms with E-state index in [1.54, 1.807) is 0 Å². The maximum absolute atomic E-state index is 8.81. The molecule has 22 heavy (non-hydrogen) atoms. The molecule has 0 radical (unpaired) electrons. The lowest BCUT2D eigenvalue weighted by Crippen LogP contribution is -2.37. The van der Waals surface area contributed by atoms with Gasteiger partial charge in [0.2, 0.25) is 0 Å². The van der Waals surface area contributed by atoms with Crippen molar-refractivity contribution >= 4 is 0 Å². The minimum atomic E-state index is 0.378. The van der Waals surface area contributed by atoms with Gasteiger partial charge in [-0.25, -0.2) is 9.67 Å². The summed E-state index contributed by atoms with van der Waals surface area (Å²) in [7, 11) is 0. The lowest BCUT2D eigenvalue weighted by molar-refractivity contribution is 0.357. The highest BCUT2D eigenvalue weighted by atomic mass is 15.4. The number of nitrogens with zero attached hydrogens (tertiary/aromatic N) is 4. The SMILES string of the molecule is CC(C)c1nc2n(n1)CC(NCc1ccc(C#N)cc1)CC2. The van der Waals surface area contributed by atoms with Crippen molar-refractivity contribution in [2.75, 3.05) is 0 Å². The first-order chi connectivity index (χ1) is 10.7. The molecule has 1 atom stereocenters. The second-order valence-corrected chi connectivity index (χ2v) is 6.15. The topological polar surface area (TPSA) is 66.5 Å². The van der Waals surface area contributed by atoms with Gasteiger partial charge in [0.1, 0.15) is 5.82 Å². The second-order valence-electron chi connectivity index (χ2n) is 6.15. The molecule has 0 amide bonds. The number of hydrogen-bond donors (Lipinski definition) is 1. The summed E-state index contributed by atoms with van der Waals surface area (Å²) >= 11 is 0. The molecule has 0 saturated heterocycles. The first-order valence-corrected chi connectivity index (χ1v) is 7.81. The molecule has 1 aromatic heterocycles. The van der Waals surface area contributed by atoms with E-state index in [1.807, 2.05) is 24.3 Å². The Kier molecular flexibility index (Phi) is 4.21. The van der Waals surface area contributed by atoms with Crippen LogP contribution in [0.5, 0.6) is 0 Å². The molecule has 1 aliphatic heterocycles. The zero-order chi connectivity index (χ0) is 15.5. The molecule has 1 unspecified atom stereocenters. The molecule has 114 valence electrons. The van der Waals surface area contributed by atoms with Crippen molar-refractivity contribution in [3.05, 3.63) is 47.0 Å². The largest absolute Gasteiger partial charge is 0.308 e. The average Bonchev–Trinajstić information content (AvgIpc) is 2.97. The van der Waals surface area contributed by atoms with E-state index in [9.17, 15) is 0 Å². The Morgan fingerprint density at radius 2 is 2.14 bits per heavy atom. The van der Waals surface area contributed by atoms with Crippen molar-refractivity contribution < 1.29 is 0 Å². The third kappa shape index (κ3) is 3.18. The van der Waals surface area contributed by atoms with E-state index in [0.29, 0.717) is 17.5 Å². The fraction of sp³-hybridized carbons (Fsp3) is 0.471. The minimum Gasteiger partial charge on any atom is -0.308 e. The van der Waals surface area contributed by atoms with Gasteiger partial charge in [0, 0.05) is 24.9 Å². The average molecular weight is 295 g/mol. The van der Waals surface area contributed by atoms with Gasteiger partial charge in [0.25, 0.3) is 0 Å². The van der Waals surface area contributed by atoms with Gasteiger partial charge in [0.05, 0.1) is 18.2 Å². The molecule has 0 fully saturated rings. The van der Waals surface area contributed by atoms with Gasteiger partial charge in [0.15, 0.2) is 5.82 Å². The van der Waals surface area contributed by atoms with Crippen LogP contribution < -0.4 is 5.32 Å². The van der Waals surface area contributed by atoms with Gasteiger partial charge in [-0.3, -0.25) is 0 Å². The number of nitriles is 1. The third-order valence-corrected chi connectivity index (χ3v) is 4.07. The number of aromatic nitrogens is 3. The van der Waals surface area contributed by atoms with Crippen LogP contribution in [0.15, 0.2) is 24.3 Å². The van der Waals surface area contributed by atoms with Crippen molar-refractivity contribution in [3.8, 4) is 6.07 Å². The van der Waals surface area contributed by atoms with E-state index in [4.69, 9.17) is 5.26 Å². The van der Waals surface area contributed by atoms with Crippen molar-refractivity contribution in [2.45, 2.75) is 51.7 Å². The van der Waals surface area contributed by atoms with Gasteiger partial charge < -0.3 is 5.32 Å². The lowest BCUT2D eigenvalue weighted by atomic mass is 10.1. The quantitative estimate of drug-likeness (QED) is 0.940.